The van der Waals surface area contributed by atoms with Gasteiger partial charge in [0.25, 0.3) is 5.91 Å². The van der Waals surface area contributed by atoms with Gasteiger partial charge in [0.2, 0.25) is 5.95 Å². The first-order valence-corrected chi connectivity index (χ1v) is 12.8. The van der Waals surface area contributed by atoms with Crippen molar-refractivity contribution in [1.29, 1.82) is 0 Å². The molecule has 1 aliphatic heterocycles. The molecule has 3 aromatic rings. The summed E-state index contributed by atoms with van der Waals surface area (Å²) in [6.07, 6.45) is 6.63. The van der Waals surface area contributed by atoms with Crippen molar-refractivity contribution in [3.63, 3.8) is 0 Å². The van der Waals surface area contributed by atoms with Crippen molar-refractivity contribution in [2.75, 3.05) is 43.1 Å². The summed E-state index contributed by atoms with van der Waals surface area (Å²) >= 11 is 3.18. The molecule has 10 heteroatoms. The molecule has 1 saturated heterocycles. The summed E-state index contributed by atoms with van der Waals surface area (Å²) < 4.78 is 0.989. The molecule has 170 valence electrons. The normalized spacial score (nSPS) is 15.7. The van der Waals surface area contributed by atoms with Gasteiger partial charge in [-0.15, -0.1) is 11.8 Å². The van der Waals surface area contributed by atoms with E-state index in [4.69, 9.17) is 0 Å². The van der Waals surface area contributed by atoms with Crippen molar-refractivity contribution in [2.24, 2.45) is 5.92 Å². The number of thiazole rings is 1. The zero-order valence-electron chi connectivity index (χ0n) is 18.2. The number of rotatable bonds is 8. The van der Waals surface area contributed by atoms with Crippen LogP contribution < -0.4 is 10.6 Å². The minimum Gasteiger partial charge on any atom is -0.393 e. The Balaban J connectivity index is 1.31. The molecule has 0 saturated carbocycles. The van der Waals surface area contributed by atoms with Gasteiger partial charge in [0.1, 0.15) is 0 Å². The zero-order chi connectivity index (χ0) is 22.5. The molecule has 0 radical (unpaired) electrons. The standard InChI is InChI=1S/C22H28N6O2S2/c1-14(10-23-21-24-12-17(31-2)13-25-21)11-26-22-27-18-4-3-15(9-19(18)32-22)20(30)28-7-5-16(29)6-8-28/h3-4,9,12-14,16,29H,5-8,10-11H2,1-2H3,(H,26,27)(H,23,24,25)/t14-/m0/s1. The molecule has 8 nitrogen and oxygen atoms in total. The van der Waals surface area contributed by atoms with Crippen LogP contribution in [-0.2, 0) is 0 Å². The summed E-state index contributed by atoms with van der Waals surface area (Å²) in [6, 6.07) is 5.67. The number of anilines is 2. The van der Waals surface area contributed by atoms with Crippen LogP contribution in [0, 0.1) is 5.92 Å². The number of amides is 1. The van der Waals surface area contributed by atoms with E-state index in [1.807, 2.05) is 41.7 Å². The molecule has 0 spiro atoms. The highest BCUT2D eigenvalue weighted by Crippen LogP contribution is 2.28. The van der Waals surface area contributed by atoms with Gasteiger partial charge in [0, 0.05) is 49.0 Å². The average molecular weight is 473 g/mol. The van der Waals surface area contributed by atoms with Gasteiger partial charge in [-0.3, -0.25) is 4.79 Å². The van der Waals surface area contributed by atoms with Crippen molar-refractivity contribution < 1.29 is 9.90 Å². The molecular formula is C22H28N6O2S2. The molecule has 1 fully saturated rings. The van der Waals surface area contributed by atoms with Gasteiger partial charge in [0.15, 0.2) is 5.13 Å². The number of likely N-dealkylation sites (tertiary alicyclic amines) is 1. The second kappa shape index (κ2) is 10.5. The first kappa shape index (κ1) is 22.8. The Morgan fingerprint density at radius 1 is 1.25 bits per heavy atom. The van der Waals surface area contributed by atoms with Crippen LogP contribution in [-0.4, -0.2) is 69.4 Å². The third kappa shape index (κ3) is 5.67. The van der Waals surface area contributed by atoms with E-state index in [1.165, 1.54) is 0 Å². The second-order valence-corrected chi connectivity index (χ2v) is 9.95. The molecule has 1 amide bonds. The van der Waals surface area contributed by atoms with E-state index in [0.717, 1.165) is 33.3 Å². The van der Waals surface area contributed by atoms with E-state index in [9.17, 15) is 9.90 Å². The topological polar surface area (TPSA) is 103 Å². The molecule has 0 aliphatic carbocycles. The van der Waals surface area contributed by atoms with Gasteiger partial charge in [-0.05, 0) is 43.2 Å². The SMILES string of the molecule is CSc1cnc(NC[C@H](C)CNc2nc3ccc(C(=O)N4CCC(O)CC4)cc3s2)nc1. The Kier molecular flexibility index (Phi) is 7.44. The Hall–Kier alpha value is -2.43. The summed E-state index contributed by atoms with van der Waals surface area (Å²) in [4.78, 5) is 28.9. The van der Waals surface area contributed by atoms with E-state index in [1.54, 1.807) is 23.1 Å². The molecule has 1 atom stereocenters. The fraction of sp³-hybridized carbons (Fsp3) is 0.455. The lowest BCUT2D eigenvalue weighted by atomic mass is 10.1. The zero-order valence-corrected chi connectivity index (χ0v) is 19.9. The van der Waals surface area contributed by atoms with Crippen molar-refractivity contribution in [2.45, 2.75) is 30.8 Å². The maximum absolute atomic E-state index is 12.8. The smallest absolute Gasteiger partial charge is 0.253 e. The number of piperidine rings is 1. The largest absolute Gasteiger partial charge is 0.393 e. The summed E-state index contributed by atoms with van der Waals surface area (Å²) in [7, 11) is 0. The van der Waals surface area contributed by atoms with E-state index in [0.29, 0.717) is 43.4 Å². The monoisotopic (exact) mass is 472 g/mol. The van der Waals surface area contributed by atoms with Crippen molar-refractivity contribution in [1.82, 2.24) is 19.9 Å². The Morgan fingerprint density at radius 3 is 2.69 bits per heavy atom. The number of nitrogens with one attached hydrogen (secondary N) is 2. The summed E-state index contributed by atoms with van der Waals surface area (Å²) in [6.45, 7) is 4.87. The third-order valence-corrected chi connectivity index (χ3v) is 7.12. The molecule has 32 heavy (non-hydrogen) atoms. The van der Waals surface area contributed by atoms with Crippen LogP contribution >= 0.6 is 23.1 Å². The molecular weight excluding hydrogens is 444 g/mol. The summed E-state index contributed by atoms with van der Waals surface area (Å²) in [5, 5.41) is 17.2. The highest BCUT2D eigenvalue weighted by Gasteiger charge is 2.22. The number of carbonyl (C=O) groups excluding carboxylic acids is 1. The molecule has 4 rings (SSSR count). The quantitative estimate of drug-likeness (QED) is 0.428. The van der Waals surface area contributed by atoms with Crippen molar-refractivity contribution in [3.05, 3.63) is 36.2 Å². The fourth-order valence-corrected chi connectivity index (χ4v) is 4.73. The minimum absolute atomic E-state index is 0.0224. The van der Waals surface area contributed by atoms with Crippen LogP contribution in [0.25, 0.3) is 10.2 Å². The number of hydrogen-bond donors (Lipinski definition) is 3. The highest BCUT2D eigenvalue weighted by molar-refractivity contribution is 7.98. The number of benzene rings is 1. The first-order chi connectivity index (χ1) is 15.5. The molecule has 2 aromatic heterocycles. The van der Waals surface area contributed by atoms with Gasteiger partial charge in [-0.25, -0.2) is 15.0 Å². The number of aliphatic hydroxyl groups excluding tert-OH is 1. The Morgan fingerprint density at radius 2 is 1.97 bits per heavy atom. The fourth-order valence-electron chi connectivity index (χ4n) is 3.50. The van der Waals surface area contributed by atoms with E-state index < -0.39 is 0 Å². The van der Waals surface area contributed by atoms with E-state index in [-0.39, 0.29) is 12.0 Å². The molecule has 3 heterocycles. The molecule has 0 unspecified atom stereocenters. The average Bonchev–Trinajstić information content (AvgIpc) is 3.24. The van der Waals surface area contributed by atoms with Crippen molar-refractivity contribution >= 4 is 50.3 Å². The van der Waals surface area contributed by atoms with E-state index in [2.05, 4.69) is 32.5 Å². The molecule has 3 N–H and O–H groups in total. The van der Waals surface area contributed by atoms with Crippen LogP contribution in [0.1, 0.15) is 30.1 Å². The van der Waals surface area contributed by atoms with Crippen LogP contribution in [0.5, 0.6) is 0 Å². The number of aromatic nitrogens is 3. The lowest BCUT2D eigenvalue weighted by Gasteiger charge is -2.29. The van der Waals surface area contributed by atoms with Gasteiger partial charge >= 0.3 is 0 Å². The Labute approximate surface area is 195 Å². The summed E-state index contributed by atoms with van der Waals surface area (Å²) in [5.41, 5.74) is 1.56. The first-order valence-electron chi connectivity index (χ1n) is 10.7. The predicted molar refractivity (Wildman–Crippen MR) is 131 cm³/mol. The van der Waals surface area contributed by atoms with Gasteiger partial charge in [0.05, 0.1) is 16.3 Å². The number of nitrogens with zero attached hydrogens (tertiary/aromatic N) is 4. The van der Waals surface area contributed by atoms with Crippen LogP contribution in [0.15, 0.2) is 35.5 Å². The lowest BCUT2D eigenvalue weighted by molar-refractivity contribution is 0.0546. The van der Waals surface area contributed by atoms with Crippen LogP contribution in [0.2, 0.25) is 0 Å². The number of carbonyl (C=O) groups is 1. The van der Waals surface area contributed by atoms with Gasteiger partial charge < -0.3 is 20.6 Å². The van der Waals surface area contributed by atoms with E-state index >= 15 is 0 Å². The molecule has 0 bridgehead atoms. The third-order valence-electron chi connectivity index (χ3n) is 5.46. The maximum Gasteiger partial charge on any atom is 0.253 e. The number of hydrogen-bond acceptors (Lipinski definition) is 9. The molecule has 1 aromatic carbocycles. The number of aliphatic hydroxyl groups is 1. The Bertz CT molecular complexity index is 1050. The van der Waals surface area contributed by atoms with Gasteiger partial charge in [-0.1, -0.05) is 18.3 Å². The van der Waals surface area contributed by atoms with Crippen LogP contribution in [0.3, 0.4) is 0 Å². The summed E-state index contributed by atoms with van der Waals surface area (Å²) in [5.74, 6) is 1.00. The van der Waals surface area contributed by atoms with Crippen molar-refractivity contribution in [3.8, 4) is 0 Å². The van der Waals surface area contributed by atoms with Gasteiger partial charge in [-0.2, -0.15) is 0 Å². The van der Waals surface area contributed by atoms with Crippen LogP contribution in [0.4, 0.5) is 11.1 Å². The lowest BCUT2D eigenvalue weighted by Crippen LogP contribution is -2.40. The second-order valence-electron chi connectivity index (χ2n) is 8.04. The highest BCUT2D eigenvalue weighted by atomic mass is 32.2. The number of fused-ring (bicyclic) bond motifs is 1. The minimum atomic E-state index is -0.289. The number of thioether (sulfide) groups is 1. The predicted octanol–water partition coefficient (Wildman–Crippen LogP) is 3.57. The maximum atomic E-state index is 12.8. The molecule has 1 aliphatic rings.